The smallest absolute Gasteiger partial charge is 0.254 e. The predicted molar refractivity (Wildman–Crippen MR) is 130 cm³/mol. The maximum atomic E-state index is 12.7. The van der Waals surface area contributed by atoms with Crippen molar-refractivity contribution in [3.8, 4) is 11.4 Å². The highest BCUT2D eigenvalue weighted by atomic mass is 32.1. The molecule has 164 valence electrons. The Hall–Kier alpha value is -3.36. The number of hydrogen-bond acceptors (Lipinski definition) is 7. The van der Waals surface area contributed by atoms with Gasteiger partial charge in [0.15, 0.2) is 5.82 Å². The van der Waals surface area contributed by atoms with Crippen LogP contribution in [0, 0.1) is 0 Å². The normalized spacial score (nSPS) is 12.1. The molecular weight excluding hydrogens is 420 g/mol. The van der Waals surface area contributed by atoms with E-state index in [0.717, 1.165) is 16.7 Å². The van der Waals surface area contributed by atoms with Gasteiger partial charge in [0.25, 0.3) is 5.91 Å². The van der Waals surface area contributed by atoms with E-state index in [1.165, 1.54) is 16.9 Å². The first kappa shape index (κ1) is 21.9. The third-order valence-electron chi connectivity index (χ3n) is 4.89. The van der Waals surface area contributed by atoms with Crippen molar-refractivity contribution in [3.05, 3.63) is 71.4 Å². The predicted octanol–water partition coefficient (Wildman–Crippen LogP) is 3.87. The maximum absolute atomic E-state index is 12.7. The van der Waals surface area contributed by atoms with E-state index in [-0.39, 0.29) is 18.0 Å². The van der Waals surface area contributed by atoms with Crippen LogP contribution in [-0.4, -0.2) is 39.5 Å². The van der Waals surface area contributed by atoms with Gasteiger partial charge in [-0.2, -0.15) is 0 Å². The SMILES string of the molecule is CC(C)NC(=O)c1csc2c(NC[C@@H](N)Cc3ccccc3)nc(-c3ccncc3)nc12. The lowest BCUT2D eigenvalue weighted by Crippen LogP contribution is -2.31. The van der Waals surface area contributed by atoms with Gasteiger partial charge in [-0.3, -0.25) is 9.78 Å². The molecule has 1 atom stereocenters. The Bertz CT molecular complexity index is 1190. The highest BCUT2D eigenvalue weighted by Gasteiger charge is 2.19. The number of benzene rings is 1. The molecule has 4 aromatic rings. The van der Waals surface area contributed by atoms with E-state index in [1.807, 2.05) is 49.6 Å². The lowest BCUT2D eigenvalue weighted by atomic mass is 10.1. The Balaban J connectivity index is 1.65. The number of carbonyl (C=O) groups is 1. The van der Waals surface area contributed by atoms with Crippen molar-refractivity contribution in [2.45, 2.75) is 32.4 Å². The van der Waals surface area contributed by atoms with Crippen molar-refractivity contribution in [3.63, 3.8) is 0 Å². The molecule has 0 aliphatic carbocycles. The maximum Gasteiger partial charge on any atom is 0.254 e. The third-order valence-corrected chi connectivity index (χ3v) is 5.87. The molecule has 8 heteroatoms. The molecule has 7 nitrogen and oxygen atoms in total. The number of nitrogens with two attached hydrogens (primary N) is 1. The molecule has 4 rings (SSSR count). The van der Waals surface area contributed by atoms with E-state index in [4.69, 9.17) is 15.7 Å². The Kier molecular flexibility index (Phi) is 6.72. The van der Waals surface area contributed by atoms with Crippen molar-refractivity contribution < 1.29 is 4.79 Å². The van der Waals surface area contributed by atoms with Crippen LogP contribution in [0.15, 0.2) is 60.2 Å². The zero-order valence-electron chi connectivity index (χ0n) is 18.1. The van der Waals surface area contributed by atoms with Crippen LogP contribution in [0.25, 0.3) is 21.6 Å². The monoisotopic (exact) mass is 446 g/mol. The summed E-state index contributed by atoms with van der Waals surface area (Å²) in [6.45, 7) is 4.41. The largest absolute Gasteiger partial charge is 0.367 e. The van der Waals surface area contributed by atoms with Gasteiger partial charge in [-0.05, 0) is 38.0 Å². The van der Waals surface area contributed by atoms with E-state index in [9.17, 15) is 4.79 Å². The number of nitrogens with zero attached hydrogens (tertiary/aromatic N) is 3. The summed E-state index contributed by atoms with van der Waals surface area (Å²) in [4.78, 5) is 26.3. The zero-order chi connectivity index (χ0) is 22.5. The van der Waals surface area contributed by atoms with Crippen molar-refractivity contribution in [2.24, 2.45) is 5.73 Å². The molecule has 0 aliphatic heterocycles. The number of thiophene rings is 1. The van der Waals surface area contributed by atoms with Gasteiger partial charge in [0.1, 0.15) is 11.3 Å². The Morgan fingerprint density at radius 1 is 1.09 bits per heavy atom. The van der Waals surface area contributed by atoms with E-state index in [2.05, 4.69) is 27.8 Å². The van der Waals surface area contributed by atoms with Gasteiger partial charge in [0, 0.05) is 42.0 Å². The molecule has 0 saturated carbocycles. The first-order valence-corrected chi connectivity index (χ1v) is 11.4. The summed E-state index contributed by atoms with van der Waals surface area (Å²) in [5.74, 6) is 1.08. The fraction of sp³-hybridized carbons (Fsp3) is 0.250. The lowest BCUT2D eigenvalue weighted by molar-refractivity contribution is 0.0945. The first-order chi connectivity index (χ1) is 15.5. The average molecular weight is 447 g/mol. The van der Waals surface area contributed by atoms with Crippen molar-refractivity contribution in [1.29, 1.82) is 0 Å². The average Bonchev–Trinajstić information content (AvgIpc) is 3.22. The number of rotatable bonds is 8. The van der Waals surface area contributed by atoms with E-state index in [0.29, 0.717) is 29.3 Å². The molecule has 32 heavy (non-hydrogen) atoms. The summed E-state index contributed by atoms with van der Waals surface area (Å²) < 4.78 is 0.837. The Morgan fingerprint density at radius 3 is 2.56 bits per heavy atom. The Labute approximate surface area is 191 Å². The number of aromatic nitrogens is 3. The van der Waals surface area contributed by atoms with E-state index >= 15 is 0 Å². The van der Waals surface area contributed by atoms with Crippen LogP contribution in [0.1, 0.15) is 29.8 Å². The zero-order valence-corrected chi connectivity index (χ0v) is 18.9. The van der Waals surface area contributed by atoms with Crippen LogP contribution in [0.2, 0.25) is 0 Å². The number of anilines is 1. The molecule has 0 fully saturated rings. The fourth-order valence-corrected chi connectivity index (χ4v) is 4.34. The van der Waals surface area contributed by atoms with Gasteiger partial charge in [0.05, 0.1) is 10.3 Å². The highest BCUT2D eigenvalue weighted by molar-refractivity contribution is 7.18. The second-order valence-electron chi connectivity index (χ2n) is 7.92. The number of carbonyl (C=O) groups excluding carboxylic acids is 1. The number of fused-ring (bicyclic) bond motifs is 1. The Morgan fingerprint density at radius 2 is 1.84 bits per heavy atom. The molecular formula is C24H26N6OS. The summed E-state index contributed by atoms with van der Waals surface area (Å²) in [6, 6.07) is 13.8. The van der Waals surface area contributed by atoms with E-state index < -0.39 is 0 Å². The number of nitrogens with one attached hydrogen (secondary N) is 2. The molecule has 1 amide bonds. The minimum atomic E-state index is -0.141. The summed E-state index contributed by atoms with van der Waals surface area (Å²) in [5.41, 5.74) is 9.59. The first-order valence-electron chi connectivity index (χ1n) is 10.5. The lowest BCUT2D eigenvalue weighted by Gasteiger charge is -2.15. The molecule has 0 radical (unpaired) electrons. The van der Waals surface area contributed by atoms with Crippen LogP contribution in [0.4, 0.5) is 5.82 Å². The molecule has 3 heterocycles. The summed E-state index contributed by atoms with van der Waals surface area (Å²) in [5, 5.41) is 8.18. The summed E-state index contributed by atoms with van der Waals surface area (Å²) in [7, 11) is 0. The molecule has 0 aliphatic rings. The topological polar surface area (TPSA) is 106 Å². The number of amides is 1. The second kappa shape index (κ2) is 9.84. The van der Waals surface area contributed by atoms with Gasteiger partial charge in [0.2, 0.25) is 0 Å². The van der Waals surface area contributed by atoms with Crippen molar-refractivity contribution in [1.82, 2.24) is 20.3 Å². The van der Waals surface area contributed by atoms with Gasteiger partial charge < -0.3 is 16.4 Å². The second-order valence-corrected chi connectivity index (χ2v) is 8.80. The minimum absolute atomic E-state index is 0.0348. The van der Waals surface area contributed by atoms with Crippen molar-refractivity contribution >= 4 is 33.3 Å². The van der Waals surface area contributed by atoms with Gasteiger partial charge in [-0.1, -0.05) is 30.3 Å². The molecule has 0 bridgehead atoms. The molecule has 0 spiro atoms. The number of pyridine rings is 1. The van der Waals surface area contributed by atoms with Crippen molar-refractivity contribution in [2.75, 3.05) is 11.9 Å². The van der Waals surface area contributed by atoms with Gasteiger partial charge in [-0.25, -0.2) is 9.97 Å². The number of hydrogen-bond donors (Lipinski definition) is 3. The van der Waals surface area contributed by atoms with E-state index in [1.54, 1.807) is 12.4 Å². The molecule has 0 unspecified atom stereocenters. The highest BCUT2D eigenvalue weighted by Crippen LogP contribution is 2.32. The standard InChI is InChI=1S/C24H26N6OS/c1-15(2)28-24(31)19-14-32-21-20(19)29-22(17-8-10-26-11-9-17)30-23(21)27-13-18(25)12-16-6-4-3-5-7-16/h3-11,14-15,18H,12-13,25H2,1-2H3,(H,28,31)(H,27,29,30)/t18-/m0/s1. The van der Waals surface area contributed by atoms with Crippen LogP contribution in [0.5, 0.6) is 0 Å². The van der Waals surface area contributed by atoms with Gasteiger partial charge >= 0.3 is 0 Å². The van der Waals surface area contributed by atoms with Crippen LogP contribution >= 0.6 is 11.3 Å². The van der Waals surface area contributed by atoms with Gasteiger partial charge in [-0.15, -0.1) is 11.3 Å². The molecule has 3 aromatic heterocycles. The summed E-state index contributed by atoms with van der Waals surface area (Å²) in [6.07, 6.45) is 4.16. The van der Waals surface area contributed by atoms with Crippen LogP contribution in [0.3, 0.4) is 0 Å². The van der Waals surface area contributed by atoms with Crippen LogP contribution < -0.4 is 16.4 Å². The quantitative estimate of drug-likeness (QED) is 0.379. The third kappa shape index (κ3) is 5.09. The molecule has 0 saturated heterocycles. The summed E-state index contributed by atoms with van der Waals surface area (Å²) >= 11 is 1.45. The molecule has 4 N–H and O–H groups in total. The fourth-order valence-electron chi connectivity index (χ4n) is 3.39. The molecule has 1 aromatic carbocycles. The minimum Gasteiger partial charge on any atom is -0.367 e. The van der Waals surface area contributed by atoms with Crippen LogP contribution in [-0.2, 0) is 6.42 Å².